The Labute approximate surface area is 145 Å². The summed E-state index contributed by atoms with van der Waals surface area (Å²) in [4.78, 5) is 14.3. The molecule has 132 valence electrons. The Morgan fingerprint density at radius 3 is 2.62 bits per heavy atom. The molecule has 1 aliphatic heterocycles. The molecule has 7 heteroatoms. The van der Waals surface area contributed by atoms with Gasteiger partial charge in [0.15, 0.2) is 0 Å². The van der Waals surface area contributed by atoms with E-state index in [0.717, 1.165) is 25.3 Å². The van der Waals surface area contributed by atoms with E-state index >= 15 is 0 Å². The number of hydrogen-bond donors (Lipinski definition) is 1. The highest BCUT2D eigenvalue weighted by molar-refractivity contribution is 6.31. The zero-order chi connectivity index (χ0) is 17.1. The summed E-state index contributed by atoms with van der Waals surface area (Å²) in [5.41, 5.74) is 0.0900. The molecule has 1 saturated carbocycles. The fourth-order valence-electron chi connectivity index (χ4n) is 2.98. The molecule has 24 heavy (non-hydrogen) atoms. The molecule has 0 bridgehead atoms. The summed E-state index contributed by atoms with van der Waals surface area (Å²) in [7, 11) is 0. The van der Waals surface area contributed by atoms with E-state index in [0.29, 0.717) is 24.2 Å². The van der Waals surface area contributed by atoms with Gasteiger partial charge in [-0.05, 0) is 56.3 Å². The number of carbonyl (C=O) groups excluding carboxylic acids is 1. The normalized spacial score (nSPS) is 18.9. The molecule has 0 spiro atoms. The lowest BCUT2D eigenvalue weighted by molar-refractivity contribution is -0.0503. The van der Waals surface area contributed by atoms with Crippen LogP contribution in [0.5, 0.6) is 5.75 Å². The van der Waals surface area contributed by atoms with Crippen molar-refractivity contribution in [1.82, 2.24) is 10.2 Å². The van der Waals surface area contributed by atoms with Gasteiger partial charge in [-0.25, -0.2) is 0 Å². The average molecular weight is 359 g/mol. The average Bonchev–Trinajstić information content (AvgIpc) is 3.38. The Morgan fingerprint density at radius 1 is 1.29 bits per heavy atom. The molecule has 0 aromatic heterocycles. The van der Waals surface area contributed by atoms with E-state index in [1.165, 1.54) is 31.0 Å². The molecule has 1 aromatic rings. The number of amides is 1. The maximum Gasteiger partial charge on any atom is 0.387 e. The molecule has 0 radical (unpaired) electrons. The Kier molecular flexibility index (Phi) is 5.56. The van der Waals surface area contributed by atoms with Crippen LogP contribution in [-0.4, -0.2) is 43.1 Å². The van der Waals surface area contributed by atoms with Gasteiger partial charge in [-0.15, -0.1) is 0 Å². The van der Waals surface area contributed by atoms with Crippen molar-refractivity contribution < 1.29 is 18.3 Å². The number of carbonyl (C=O) groups is 1. The number of likely N-dealkylation sites (tertiary alicyclic amines) is 1. The lowest BCUT2D eigenvalue weighted by Crippen LogP contribution is -2.45. The van der Waals surface area contributed by atoms with Gasteiger partial charge in [0, 0.05) is 24.2 Å². The van der Waals surface area contributed by atoms with Gasteiger partial charge in [-0.3, -0.25) is 4.79 Å². The maximum absolute atomic E-state index is 12.7. The first kappa shape index (κ1) is 17.4. The van der Waals surface area contributed by atoms with E-state index < -0.39 is 6.61 Å². The van der Waals surface area contributed by atoms with Crippen molar-refractivity contribution in [2.24, 2.45) is 5.92 Å². The zero-order valence-corrected chi connectivity index (χ0v) is 14.1. The SMILES string of the molecule is O=C(c1cc(Cl)ccc1OC(F)F)N1CCC(NCC2CC2)CC1. The van der Waals surface area contributed by atoms with Gasteiger partial charge in [-0.2, -0.15) is 8.78 Å². The van der Waals surface area contributed by atoms with Crippen LogP contribution in [0.1, 0.15) is 36.0 Å². The van der Waals surface area contributed by atoms with Crippen molar-refractivity contribution in [3.05, 3.63) is 28.8 Å². The minimum Gasteiger partial charge on any atom is -0.434 e. The Balaban J connectivity index is 1.60. The van der Waals surface area contributed by atoms with Crippen molar-refractivity contribution in [1.29, 1.82) is 0 Å². The molecule has 2 fully saturated rings. The van der Waals surface area contributed by atoms with Crippen molar-refractivity contribution in [3.8, 4) is 5.75 Å². The summed E-state index contributed by atoms with van der Waals surface area (Å²) in [6, 6.07) is 4.56. The predicted molar refractivity (Wildman–Crippen MR) is 87.7 cm³/mol. The third kappa shape index (κ3) is 4.57. The second kappa shape index (κ2) is 7.66. The minimum absolute atomic E-state index is 0.0900. The fourth-order valence-corrected chi connectivity index (χ4v) is 3.15. The molecule has 0 unspecified atom stereocenters. The van der Waals surface area contributed by atoms with E-state index in [1.807, 2.05) is 0 Å². The van der Waals surface area contributed by atoms with Gasteiger partial charge < -0.3 is 15.0 Å². The van der Waals surface area contributed by atoms with E-state index in [-0.39, 0.29) is 17.2 Å². The Hall–Kier alpha value is -1.40. The lowest BCUT2D eigenvalue weighted by Gasteiger charge is -2.33. The van der Waals surface area contributed by atoms with Gasteiger partial charge in [0.25, 0.3) is 5.91 Å². The number of rotatable bonds is 6. The van der Waals surface area contributed by atoms with Crippen molar-refractivity contribution >= 4 is 17.5 Å². The number of nitrogens with zero attached hydrogens (tertiary/aromatic N) is 1. The largest absolute Gasteiger partial charge is 0.434 e. The number of nitrogens with one attached hydrogen (secondary N) is 1. The number of hydrogen-bond acceptors (Lipinski definition) is 3. The van der Waals surface area contributed by atoms with Crippen molar-refractivity contribution in [2.45, 2.75) is 38.3 Å². The summed E-state index contributed by atoms with van der Waals surface area (Å²) < 4.78 is 29.5. The van der Waals surface area contributed by atoms with Crippen LogP contribution in [0.3, 0.4) is 0 Å². The third-order valence-electron chi connectivity index (χ3n) is 4.56. The van der Waals surface area contributed by atoms with Gasteiger partial charge in [-0.1, -0.05) is 11.6 Å². The highest BCUT2D eigenvalue weighted by Crippen LogP contribution is 2.29. The first-order valence-corrected chi connectivity index (χ1v) is 8.67. The van der Waals surface area contributed by atoms with Crippen LogP contribution in [0, 0.1) is 5.92 Å². The zero-order valence-electron chi connectivity index (χ0n) is 13.3. The molecule has 1 heterocycles. The number of halogens is 3. The van der Waals surface area contributed by atoms with Crippen molar-refractivity contribution in [2.75, 3.05) is 19.6 Å². The first-order valence-electron chi connectivity index (χ1n) is 8.30. The second-order valence-corrected chi connectivity index (χ2v) is 6.87. The standard InChI is InChI=1S/C17H21ClF2N2O2/c18-12-3-4-15(24-17(19)20)14(9-12)16(23)22-7-5-13(6-8-22)21-10-11-1-2-11/h3-4,9,11,13,17,21H,1-2,5-8,10H2. The van der Waals surface area contributed by atoms with Crippen molar-refractivity contribution in [3.63, 3.8) is 0 Å². The van der Waals surface area contributed by atoms with E-state index in [9.17, 15) is 13.6 Å². The number of alkyl halides is 2. The second-order valence-electron chi connectivity index (χ2n) is 6.44. The van der Waals surface area contributed by atoms with Crippen LogP contribution in [0.25, 0.3) is 0 Å². The summed E-state index contributed by atoms with van der Waals surface area (Å²) >= 11 is 5.91. The predicted octanol–water partition coefficient (Wildman–Crippen LogP) is 3.55. The molecule has 1 aliphatic carbocycles. The first-order chi connectivity index (χ1) is 11.5. The Morgan fingerprint density at radius 2 is 2.00 bits per heavy atom. The van der Waals surface area contributed by atoms with Crippen LogP contribution >= 0.6 is 11.6 Å². The highest BCUT2D eigenvalue weighted by Gasteiger charge is 2.28. The summed E-state index contributed by atoms with van der Waals surface area (Å²) in [5.74, 6) is 0.382. The summed E-state index contributed by atoms with van der Waals surface area (Å²) in [6.45, 7) is -0.724. The molecular weight excluding hydrogens is 338 g/mol. The molecular formula is C17H21ClF2N2O2. The van der Waals surface area contributed by atoms with E-state index in [1.54, 1.807) is 4.90 Å². The minimum atomic E-state index is -2.98. The fraction of sp³-hybridized carbons (Fsp3) is 0.588. The van der Waals surface area contributed by atoms with Gasteiger partial charge >= 0.3 is 6.61 Å². The van der Waals surface area contributed by atoms with E-state index in [4.69, 9.17) is 11.6 Å². The number of piperidine rings is 1. The van der Waals surface area contributed by atoms with E-state index in [2.05, 4.69) is 10.1 Å². The number of ether oxygens (including phenoxy) is 1. The van der Waals surface area contributed by atoms with Crippen LogP contribution in [0.4, 0.5) is 8.78 Å². The molecule has 4 nitrogen and oxygen atoms in total. The van der Waals surface area contributed by atoms with Crippen LogP contribution < -0.4 is 10.1 Å². The smallest absolute Gasteiger partial charge is 0.387 e. The number of benzene rings is 1. The molecule has 1 saturated heterocycles. The summed E-state index contributed by atoms with van der Waals surface area (Å²) in [6.07, 6.45) is 4.35. The van der Waals surface area contributed by atoms with Gasteiger partial charge in [0.2, 0.25) is 0 Å². The monoisotopic (exact) mass is 358 g/mol. The third-order valence-corrected chi connectivity index (χ3v) is 4.80. The summed E-state index contributed by atoms with van der Waals surface area (Å²) in [5, 5.41) is 3.87. The van der Waals surface area contributed by atoms with Gasteiger partial charge in [0.05, 0.1) is 5.56 Å². The topological polar surface area (TPSA) is 41.6 Å². The molecule has 1 amide bonds. The van der Waals surface area contributed by atoms with Crippen LogP contribution in [-0.2, 0) is 0 Å². The molecule has 0 atom stereocenters. The maximum atomic E-state index is 12.7. The Bertz CT molecular complexity index is 588. The molecule has 2 aliphatic rings. The molecule has 1 N–H and O–H groups in total. The lowest BCUT2D eigenvalue weighted by atomic mass is 10.0. The van der Waals surface area contributed by atoms with Crippen LogP contribution in [0.2, 0.25) is 5.02 Å². The van der Waals surface area contributed by atoms with Gasteiger partial charge in [0.1, 0.15) is 5.75 Å². The highest BCUT2D eigenvalue weighted by atomic mass is 35.5. The quantitative estimate of drug-likeness (QED) is 0.845. The molecule has 3 rings (SSSR count). The van der Waals surface area contributed by atoms with Crippen LogP contribution in [0.15, 0.2) is 18.2 Å². The molecule has 1 aromatic carbocycles.